The molecule has 25 heavy (non-hydrogen) atoms. The average molecular weight is 354 g/mol. The minimum absolute atomic E-state index is 0.370. The van der Waals surface area contributed by atoms with Gasteiger partial charge in [0.15, 0.2) is 5.96 Å². The van der Waals surface area contributed by atoms with Crippen molar-refractivity contribution >= 4 is 5.96 Å². The van der Waals surface area contributed by atoms with E-state index in [2.05, 4.69) is 17.6 Å². The van der Waals surface area contributed by atoms with Crippen LogP contribution in [0.1, 0.15) is 71.1 Å². The third-order valence-electron chi connectivity index (χ3n) is 5.72. The molecule has 0 radical (unpaired) electrons. The first kappa shape index (κ1) is 20.5. The van der Waals surface area contributed by atoms with E-state index >= 15 is 0 Å². The molecule has 0 atom stereocenters. The van der Waals surface area contributed by atoms with E-state index in [0.717, 1.165) is 45.2 Å². The second-order valence-electron chi connectivity index (χ2n) is 7.70. The zero-order valence-corrected chi connectivity index (χ0v) is 16.4. The Morgan fingerprint density at radius 1 is 1.04 bits per heavy atom. The number of rotatable bonds is 10. The van der Waals surface area contributed by atoms with Crippen LogP contribution < -0.4 is 10.6 Å². The number of guanidine groups is 1. The first-order valence-corrected chi connectivity index (χ1v) is 10.4. The van der Waals surface area contributed by atoms with Crippen molar-refractivity contribution in [3.63, 3.8) is 0 Å². The van der Waals surface area contributed by atoms with Gasteiger partial charge < -0.3 is 20.1 Å². The van der Waals surface area contributed by atoms with Crippen LogP contribution in [-0.2, 0) is 9.47 Å². The number of aliphatic imine (C=N–C) groups is 1. The van der Waals surface area contributed by atoms with Crippen LogP contribution in [0.15, 0.2) is 4.99 Å². The van der Waals surface area contributed by atoms with E-state index in [1.54, 1.807) is 7.11 Å². The number of nitrogens with zero attached hydrogens (tertiary/aromatic N) is 1. The lowest BCUT2D eigenvalue weighted by Gasteiger charge is -2.40. The molecule has 0 spiro atoms. The molecule has 2 N–H and O–H groups in total. The van der Waals surface area contributed by atoms with Crippen molar-refractivity contribution in [3.8, 4) is 0 Å². The summed E-state index contributed by atoms with van der Waals surface area (Å²) in [5.74, 6) is 0.927. The Morgan fingerprint density at radius 2 is 1.80 bits per heavy atom. The van der Waals surface area contributed by atoms with Gasteiger partial charge in [0.1, 0.15) is 0 Å². The van der Waals surface area contributed by atoms with Gasteiger partial charge in [0.2, 0.25) is 0 Å². The zero-order chi connectivity index (χ0) is 17.8. The molecule has 0 aliphatic heterocycles. The first-order chi connectivity index (χ1) is 12.3. The fraction of sp³-hybridized carbons (Fsp3) is 0.950. The monoisotopic (exact) mass is 353 g/mol. The maximum atomic E-state index is 6.06. The maximum absolute atomic E-state index is 6.06. The van der Waals surface area contributed by atoms with Crippen LogP contribution in [0.25, 0.3) is 0 Å². The van der Waals surface area contributed by atoms with Gasteiger partial charge in [-0.3, -0.25) is 4.99 Å². The summed E-state index contributed by atoms with van der Waals surface area (Å²) in [5.41, 5.74) is 0.370. The predicted octanol–water partition coefficient (Wildman–Crippen LogP) is 3.49. The highest BCUT2D eigenvalue weighted by Crippen LogP contribution is 2.44. The number of hydrogen-bond donors (Lipinski definition) is 2. The van der Waals surface area contributed by atoms with E-state index in [0.29, 0.717) is 11.5 Å². The Hall–Kier alpha value is -0.810. The highest BCUT2D eigenvalue weighted by molar-refractivity contribution is 5.79. The smallest absolute Gasteiger partial charge is 0.191 e. The molecule has 2 fully saturated rings. The lowest BCUT2D eigenvalue weighted by molar-refractivity contribution is 0.0467. The molecule has 0 saturated heterocycles. The van der Waals surface area contributed by atoms with Gasteiger partial charge in [0.25, 0.3) is 0 Å². The quantitative estimate of drug-likeness (QED) is 0.273. The molecule has 0 aromatic rings. The molecule has 0 bridgehead atoms. The largest absolute Gasteiger partial charge is 0.385 e. The Balaban J connectivity index is 1.69. The summed E-state index contributed by atoms with van der Waals surface area (Å²) in [6.07, 6.45) is 13.4. The van der Waals surface area contributed by atoms with Crippen LogP contribution in [0.3, 0.4) is 0 Å². The van der Waals surface area contributed by atoms with Crippen molar-refractivity contribution in [2.75, 3.05) is 40.0 Å². The molecule has 2 aliphatic carbocycles. The lowest BCUT2D eigenvalue weighted by atomic mass is 9.67. The summed E-state index contributed by atoms with van der Waals surface area (Å²) in [7, 11) is 1.79. The van der Waals surface area contributed by atoms with Crippen LogP contribution in [0.4, 0.5) is 0 Å². The van der Waals surface area contributed by atoms with Crippen LogP contribution in [0.5, 0.6) is 0 Å². The van der Waals surface area contributed by atoms with Crippen molar-refractivity contribution < 1.29 is 9.47 Å². The molecule has 5 nitrogen and oxygen atoms in total. The summed E-state index contributed by atoms with van der Waals surface area (Å²) in [5, 5.41) is 6.80. The van der Waals surface area contributed by atoms with Gasteiger partial charge >= 0.3 is 0 Å². The summed E-state index contributed by atoms with van der Waals surface area (Å²) >= 11 is 0. The van der Waals surface area contributed by atoms with E-state index in [9.17, 15) is 0 Å². The maximum Gasteiger partial charge on any atom is 0.191 e. The molecule has 2 saturated carbocycles. The highest BCUT2D eigenvalue weighted by atomic mass is 16.5. The molecule has 146 valence electrons. The van der Waals surface area contributed by atoms with Crippen LogP contribution in [-0.4, -0.2) is 52.0 Å². The van der Waals surface area contributed by atoms with Crippen LogP contribution >= 0.6 is 0 Å². The first-order valence-electron chi connectivity index (χ1n) is 10.4. The molecule has 0 aromatic carbocycles. The summed E-state index contributed by atoms with van der Waals surface area (Å²) < 4.78 is 11.3. The third-order valence-corrected chi connectivity index (χ3v) is 5.72. The molecule has 0 amide bonds. The molecule has 0 unspecified atom stereocenters. The van der Waals surface area contributed by atoms with E-state index in [-0.39, 0.29) is 0 Å². The van der Waals surface area contributed by atoms with Gasteiger partial charge in [0, 0.05) is 33.4 Å². The Kier molecular flexibility index (Phi) is 9.63. The van der Waals surface area contributed by atoms with Crippen LogP contribution in [0, 0.1) is 5.41 Å². The molecule has 5 heteroatoms. The van der Waals surface area contributed by atoms with Gasteiger partial charge in [-0.1, -0.05) is 32.1 Å². The van der Waals surface area contributed by atoms with Gasteiger partial charge in [-0.05, 0) is 44.4 Å². The van der Waals surface area contributed by atoms with Gasteiger partial charge in [0.05, 0.1) is 12.7 Å². The average Bonchev–Trinajstić information content (AvgIpc) is 2.86. The van der Waals surface area contributed by atoms with Crippen molar-refractivity contribution in [2.45, 2.75) is 77.2 Å². The van der Waals surface area contributed by atoms with E-state index in [1.807, 2.05) is 0 Å². The zero-order valence-electron chi connectivity index (χ0n) is 16.4. The second-order valence-corrected chi connectivity index (χ2v) is 7.70. The van der Waals surface area contributed by atoms with E-state index < -0.39 is 0 Å². The summed E-state index contributed by atoms with van der Waals surface area (Å²) in [6.45, 7) is 6.34. The standard InChI is InChI=1S/C20H39N3O2/c1-3-21-19(23-17-20(11-8-12-20)13-15-24-2)22-14-16-25-18-9-6-4-5-7-10-18/h18H,3-17H2,1-2H3,(H2,21,22,23). The van der Waals surface area contributed by atoms with Crippen molar-refractivity contribution in [1.82, 2.24) is 10.6 Å². The number of ether oxygens (including phenoxy) is 2. The third kappa shape index (κ3) is 7.53. The number of hydrogen-bond acceptors (Lipinski definition) is 3. The predicted molar refractivity (Wildman–Crippen MR) is 104 cm³/mol. The van der Waals surface area contributed by atoms with E-state index in [1.165, 1.54) is 57.8 Å². The number of methoxy groups -OCH3 is 1. The SMILES string of the molecule is CCNC(=NCC1(CCOC)CCC1)NCCOC1CCCCCC1. The Labute approximate surface area is 154 Å². The van der Waals surface area contributed by atoms with Gasteiger partial charge in [-0.2, -0.15) is 0 Å². The molecule has 2 rings (SSSR count). The number of nitrogens with one attached hydrogen (secondary N) is 2. The molecule has 2 aliphatic rings. The van der Waals surface area contributed by atoms with Crippen molar-refractivity contribution in [3.05, 3.63) is 0 Å². The minimum atomic E-state index is 0.370. The van der Waals surface area contributed by atoms with E-state index in [4.69, 9.17) is 14.5 Å². The molecular formula is C20H39N3O2. The van der Waals surface area contributed by atoms with Crippen LogP contribution in [0.2, 0.25) is 0 Å². The highest BCUT2D eigenvalue weighted by Gasteiger charge is 2.36. The fourth-order valence-corrected chi connectivity index (χ4v) is 3.87. The molecule has 0 heterocycles. The topological polar surface area (TPSA) is 54.9 Å². The lowest BCUT2D eigenvalue weighted by Crippen LogP contribution is -2.41. The molecule has 0 aromatic heterocycles. The minimum Gasteiger partial charge on any atom is -0.385 e. The second kappa shape index (κ2) is 11.7. The van der Waals surface area contributed by atoms with Gasteiger partial charge in [-0.25, -0.2) is 0 Å². The fourth-order valence-electron chi connectivity index (χ4n) is 3.87. The van der Waals surface area contributed by atoms with Gasteiger partial charge in [-0.15, -0.1) is 0 Å². The molecular weight excluding hydrogens is 314 g/mol. The van der Waals surface area contributed by atoms with Crippen molar-refractivity contribution in [1.29, 1.82) is 0 Å². The normalized spacial score (nSPS) is 21.4. The van der Waals surface area contributed by atoms with Crippen molar-refractivity contribution in [2.24, 2.45) is 10.4 Å². The summed E-state index contributed by atoms with van der Waals surface area (Å²) in [6, 6.07) is 0. The Morgan fingerprint density at radius 3 is 2.40 bits per heavy atom. The summed E-state index contributed by atoms with van der Waals surface area (Å²) in [4.78, 5) is 4.84. The Bertz CT molecular complexity index is 375.